The first-order valence-corrected chi connectivity index (χ1v) is 7.84. The number of aromatic nitrogens is 2. The normalized spacial score (nSPS) is 11.2. The predicted molar refractivity (Wildman–Crippen MR) is 88.9 cm³/mol. The van der Waals surface area contributed by atoms with Gasteiger partial charge in [0.1, 0.15) is 0 Å². The van der Waals surface area contributed by atoms with Crippen molar-refractivity contribution in [1.82, 2.24) is 10.2 Å². The first-order valence-electron chi connectivity index (χ1n) is 7.05. The van der Waals surface area contributed by atoms with Gasteiger partial charge in [-0.05, 0) is 45.5 Å². The van der Waals surface area contributed by atoms with Crippen molar-refractivity contribution in [3.63, 3.8) is 0 Å². The maximum atomic E-state index is 12.3. The van der Waals surface area contributed by atoms with Gasteiger partial charge in [0, 0.05) is 5.69 Å². The lowest BCUT2D eigenvalue weighted by molar-refractivity contribution is 0.102. The van der Waals surface area contributed by atoms with Gasteiger partial charge in [0.2, 0.25) is 0 Å². The number of amides is 1. The number of aromatic amines is 1. The molecule has 5 heteroatoms. The van der Waals surface area contributed by atoms with Crippen molar-refractivity contribution in [2.24, 2.45) is 0 Å². The van der Waals surface area contributed by atoms with Crippen LogP contribution in [0.25, 0.3) is 0 Å². The van der Waals surface area contributed by atoms with E-state index in [1.165, 1.54) is 5.56 Å². The fraction of sp³-hybridized carbons (Fsp3) is 0.375. The molecule has 2 N–H and O–H groups in total. The van der Waals surface area contributed by atoms with Crippen molar-refractivity contribution in [2.45, 2.75) is 39.5 Å². The van der Waals surface area contributed by atoms with E-state index in [1.807, 2.05) is 32.0 Å². The molecule has 0 saturated heterocycles. The third-order valence-electron chi connectivity index (χ3n) is 3.34. The lowest BCUT2D eigenvalue weighted by Crippen LogP contribution is -2.13. The summed E-state index contributed by atoms with van der Waals surface area (Å²) in [6.45, 7) is 8.35. The molecule has 0 unspecified atom stereocenters. The fourth-order valence-corrected chi connectivity index (χ4v) is 2.86. The van der Waals surface area contributed by atoms with Crippen LogP contribution in [0, 0.1) is 0 Å². The molecule has 0 bridgehead atoms. The van der Waals surface area contributed by atoms with Crippen LogP contribution in [0.5, 0.6) is 0 Å². The van der Waals surface area contributed by atoms with Gasteiger partial charge in [0.15, 0.2) is 5.69 Å². The predicted octanol–water partition coefficient (Wildman–Crippen LogP) is 4.67. The third-order valence-corrected chi connectivity index (χ3v) is 4.14. The Bertz CT molecular complexity index is 647. The minimum atomic E-state index is -0.217. The highest BCUT2D eigenvalue weighted by Crippen LogP contribution is 2.26. The number of carbonyl (C=O) groups is 1. The van der Waals surface area contributed by atoms with Crippen molar-refractivity contribution in [1.29, 1.82) is 0 Å². The molecule has 0 spiro atoms. The van der Waals surface area contributed by atoms with Crippen molar-refractivity contribution in [3.05, 3.63) is 45.7 Å². The van der Waals surface area contributed by atoms with Crippen molar-refractivity contribution >= 4 is 27.5 Å². The number of hydrogen-bond donors (Lipinski definition) is 2. The van der Waals surface area contributed by atoms with E-state index in [9.17, 15) is 4.79 Å². The topological polar surface area (TPSA) is 57.8 Å². The first kappa shape index (κ1) is 15.8. The molecule has 0 radical (unpaired) electrons. The molecule has 112 valence electrons. The molecular formula is C16H20BrN3O. The van der Waals surface area contributed by atoms with Gasteiger partial charge >= 0.3 is 0 Å². The number of nitrogens with zero attached hydrogens (tertiary/aromatic N) is 1. The molecule has 21 heavy (non-hydrogen) atoms. The van der Waals surface area contributed by atoms with Crippen LogP contribution in [-0.2, 0) is 0 Å². The molecular weight excluding hydrogens is 330 g/mol. The van der Waals surface area contributed by atoms with Crippen LogP contribution >= 0.6 is 15.9 Å². The van der Waals surface area contributed by atoms with Crippen LogP contribution in [0.1, 0.15) is 61.3 Å². The average molecular weight is 350 g/mol. The minimum Gasteiger partial charge on any atom is -0.321 e. The number of nitrogens with one attached hydrogen (secondary N) is 2. The van der Waals surface area contributed by atoms with Gasteiger partial charge < -0.3 is 5.32 Å². The van der Waals surface area contributed by atoms with Gasteiger partial charge in [-0.1, -0.05) is 39.8 Å². The lowest BCUT2D eigenvalue weighted by atomic mass is 10.0. The third kappa shape index (κ3) is 3.53. The number of anilines is 1. The Morgan fingerprint density at radius 3 is 2.52 bits per heavy atom. The largest absolute Gasteiger partial charge is 0.321 e. The molecule has 0 atom stereocenters. The van der Waals surface area contributed by atoms with E-state index in [1.54, 1.807) is 0 Å². The number of carbonyl (C=O) groups excluding carboxylic acids is 1. The second-order valence-electron chi connectivity index (χ2n) is 5.69. The average Bonchev–Trinajstić information content (AvgIpc) is 2.81. The van der Waals surface area contributed by atoms with Gasteiger partial charge in [-0.2, -0.15) is 5.10 Å². The van der Waals surface area contributed by atoms with Crippen molar-refractivity contribution < 1.29 is 4.79 Å². The summed E-state index contributed by atoms with van der Waals surface area (Å²) >= 11 is 3.45. The lowest BCUT2D eigenvalue weighted by Gasteiger charge is -2.09. The quantitative estimate of drug-likeness (QED) is 0.842. The maximum Gasteiger partial charge on any atom is 0.277 e. The van der Waals surface area contributed by atoms with E-state index in [0.29, 0.717) is 11.6 Å². The van der Waals surface area contributed by atoms with E-state index in [-0.39, 0.29) is 11.8 Å². The van der Waals surface area contributed by atoms with Crippen LogP contribution in [0.2, 0.25) is 0 Å². The number of H-pyrrole nitrogens is 1. The van der Waals surface area contributed by atoms with Gasteiger partial charge in [0.25, 0.3) is 5.91 Å². The van der Waals surface area contributed by atoms with Gasteiger partial charge in [-0.15, -0.1) is 0 Å². The van der Waals surface area contributed by atoms with Crippen LogP contribution < -0.4 is 5.32 Å². The molecule has 0 fully saturated rings. The summed E-state index contributed by atoms with van der Waals surface area (Å²) in [4.78, 5) is 12.3. The summed E-state index contributed by atoms with van der Waals surface area (Å²) in [6.07, 6.45) is 0. The summed E-state index contributed by atoms with van der Waals surface area (Å²) in [5, 5.41) is 9.91. The second kappa shape index (κ2) is 6.43. The zero-order valence-corrected chi connectivity index (χ0v) is 14.3. The highest BCUT2D eigenvalue weighted by Gasteiger charge is 2.19. The molecule has 1 amide bonds. The highest BCUT2D eigenvalue weighted by atomic mass is 79.9. The Labute approximate surface area is 133 Å². The maximum absolute atomic E-state index is 12.3. The number of halogens is 1. The zero-order chi connectivity index (χ0) is 15.6. The Morgan fingerprint density at radius 2 is 1.95 bits per heavy atom. The summed E-state index contributed by atoms with van der Waals surface area (Å²) < 4.78 is 0.731. The molecule has 1 aromatic heterocycles. The van der Waals surface area contributed by atoms with Gasteiger partial charge in [-0.3, -0.25) is 9.89 Å². The van der Waals surface area contributed by atoms with E-state index in [2.05, 4.69) is 51.4 Å². The summed E-state index contributed by atoms with van der Waals surface area (Å²) in [7, 11) is 0. The van der Waals surface area contributed by atoms with Crippen LogP contribution in [-0.4, -0.2) is 16.1 Å². The van der Waals surface area contributed by atoms with E-state index in [0.717, 1.165) is 15.9 Å². The summed E-state index contributed by atoms with van der Waals surface area (Å²) in [5.74, 6) is 0.482. The van der Waals surface area contributed by atoms with Crippen LogP contribution in [0.4, 0.5) is 5.69 Å². The molecule has 0 saturated carbocycles. The number of rotatable bonds is 4. The van der Waals surface area contributed by atoms with Crippen LogP contribution in [0.3, 0.4) is 0 Å². The Morgan fingerprint density at radius 1 is 1.24 bits per heavy atom. The monoisotopic (exact) mass is 349 g/mol. The number of hydrogen-bond acceptors (Lipinski definition) is 2. The number of benzene rings is 1. The zero-order valence-electron chi connectivity index (χ0n) is 12.7. The Hall–Kier alpha value is -1.62. The minimum absolute atomic E-state index is 0.217. The highest BCUT2D eigenvalue weighted by molar-refractivity contribution is 9.10. The SMILES string of the molecule is CC(C)c1cccc(NC(=O)c2n[nH]c(C(C)C)c2Br)c1. The smallest absolute Gasteiger partial charge is 0.277 e. The standard InChI is InChI=1S/C16H20BrN3O/c1-9(2)11-6-5-7-12(8-11)18-16(21)15-13(17)14(10(3)4)19-20-15/h5-10H,1-4H3,(H,18,21)(H,19,20). The molecule has 2 rings (SSSR count). The molecule has 2 aromatic rings. The molecule has 0 aliphatic heterocycles. The van der Waals surface area contributed by atoms with Crippen molar-refractivity contribution in [3.8, 4) is 0 Å². The van der Waals surface area contributed by atoms with Crippen molar-refractivity contribution in [2.75, 3.05) is 5.32 Å². The molecule has 0 aliphatic rings. The molecule has 4 nitrogen and oxygen atoms in total. The Kier molecular flexibility index (Phi) is 4.83. The second-order valence-corrected chi connectivity index (χ2v) is 6.48. The molecule has 1 aromatic carbocycles. The summed E-state index contributed by atoms with van der Waals surface area (Å²) in [6, 6.07) is 7.88. The Balaban J connectivity index is 2.20. The fourth-order valence-electron chi connectivity index (χ4n) is 2.04. The van der Waals surface area contributed by atoms with E-state index < -0.39 is 0 Å². The first-order chi connectivity index (χ1) is 9.90. The summed E-state index contributed by atoms with van der Waals surface area (Å²) in [5.41, 5.74) is 3.29. The van der Waals surface area contributed by atoms with E-state index >= 15 is 0 Å². The van der Waals surface area contributed by atoms with Gasteiger partial charge in [-0.25, -0.2) is 0 Å². The van der Waals surface area contributed by atoms with Crippen LogP contribution in [0.15, 0.2) is 28.7 Å². The van der Waals surface area contributed by atoms with Gasteiger partial charge in [0.05, 0.1) is 10.2 Å². The van der Waals surface area contributed by atoms with E-state index in [4.69, 9.17) is 0 Å². The molecule has 1 heterocycles. The molecule has 0 aliphatic carbocycles.